The zero-order chi connectivity index (χ0) is 18.1. The molecule has 0 aliphatic heterocycles. The van der Waals surface area contributed by atoms with Crippen molar-refractivity contribution < 1.29 is 20.0 Å². The number of benzene rings is 2. The van der Waals surface area contributed by atoms with Gasteiger partial charge in [-0.15, -0.1) is 0 Å². The van der Waals surface area contributed by atoms with Crippen LogP contribution in [0.2, 0.25) is 0 Å². The van der Waals surface area contributed by atoms with Gasteiger partial charge in [0, 0.05) is 25.0 Å². The van der Waals surface area contributed by atoms with Gasteiger partial charge in [0.15, 0.2) is 0 Å². The molecule has 0 aliphatic rings. The maximum absolute atomic E-state index is 11.0. The highest BCUT2D eigenvalue weighted by Gasteiger charge is 2.15. The highest BCUT2D eigenvalue weighted by molar-refractivity contribution is 6.01. The molecule has 0 fully saturated rings. The number of carbonyl (C=O) groups is 1. The fraction of sp³-hybridized carbons (Fsp3) is 0.176. The van der Waals surface area contributed by atoms with Crippen molar-refractivity contribution in [1.82, 2.24) is 0 Å². The molecule has 2 aromatic carbocycles. The summed E-state index contributed by atoms with van der Waals surface area (Å²) in [6, 6.07) is 13.9. The summed E-state index contributed by atoms with van der Waals surface area (Å²) in [4.78, 5) is 19.5. The molecule has 2 aromatic rings. The van der Waals surface area contributed by atoms with Crippen LogP contribution in [0.5, 0.6) is 0 Å². The molecule has 7 heteroatoms. The molecule has 0 saturated carbocycles. The van der Waals surface area contributed by atoms with Crippen LogP contribution in [-0.4, -0.2) is 26.9 Å². The van der Waals surface area contributed by atoms with Crippen molar-refractivity contribution in [3.63, 3.8) is 0 Å². The highest BCUT2D eigenvalue weighted by Crippen LogP contribution is 2.20. The van der Waals surface area contributed by atoms with Gasteiger partial charge in [-0.1, -0.05) is 53.2 Å². The van der Waals surface area contributed by atoms with Crippen LogP contribution < -0.4 is 0 Å². The lowest BCUT2D eigenvalue weighted by atomic mass is 10.0. The lowest BCUT2D eigenvalue weighted by molar-refractivity contribution is -0.385. The molecule has 0 atom stereocenters. The number of oxime groups is 1. The van der Waals surface area contributed by atoms with E-state index in [4.69, 9.17) is 15.1 Å². The summed E-state index contributed by atoms with van der Waals surface area (Å²) < 4.78 is 0. The minimum absolute atomic E-state index is 0.0285. The Bertz CT molecular complexity index is 735. The predicted molar refractivity (Wildman–Crippen MR) is 89.6 cm³/mol. The Labute approximate surface area is 139 Å². The molecule has 0 heterocycles. The first kappa shape index (κ1) is 18.8. The summed E-state index contributed by atoms with van der Waals surface area (Å²) in [7, 11) is 0. The third kappa shape index (κ3) is 5.88. The van der Waals surface area contributed by atoms with E-state index in [0.29, 0.717) is 11.3 Å². The molecule has 0 spiro atoms. The van der Waals surface area contributed by atoms with Gasteiger partial charge >= 0.3 is 0 Å². The van der Waals surface area contributed by atoms with Gasteiger partial charge in [0.25, 0.3) is 11.7 Å². The lowest BCUT2D eigenvalue weighted by Crippen LogP contribution is -2.07. The zero-order valence-electron chi connectivity index (χ0n) is 13.3. The van der Waals surface area contributed by atoms with Gasteiger partial charge in [-0.05, 0) is 12.5 Å². The molecule has 0 amide bonds. The molecule has 2 N–H and O–H groups in total. The number of aryl methyl sites for hydroxylation is 1. The Morgan fingerprint density at radius 3 is 2.21 bits per heavy atom. The van der Waals surface area contributed by atoms with Gasteiger partial charge in [-0.25, -0.2) is 0 Å². The van der Waals surface area contributed by atoms with Gasteiger partial charge < -0.3 is 10.3 Å². The Morgan fingerprint density at radius 2 is 1.71 bits per heavy atom. The third-order valence-corrected chi connectivity index (χ3v) is 3.05. The number of carboxylic acid groups (broad SMARTS) is 1. The topological polar surface area (TPSA) is 113 Å². The number of aliphatic carboxylic acids is 1. The number of nitrogens with zero attached hydrogens (tertiary/aromatic N) is 2. The molecule has 0 aromatic heterocycles. The quantitative estimate of drug-likeness (QED) is 0.386. The maximum Gasteiger partial charge on any atom is 0.300 e. The van der Waals surface area contributed by atoms with Gasteiger partial charge in [0.1, 0.15) is 0 Å². The minimum atomic E-state index is -0.833. The van der Waals surface area contributed by atoms with Gasteiger partial charge in [0.2, 0.25) is 0 Å². The average molecular weight is 330 g/mol. The van der Waals surface area contributed by atoms with Gasteiger partial charge in [-0.3, -0.25) is 14.9 Å². The molecule has 0 aliphatic carbocycles. The van der Waals surface area contributed by atoms with Crippen LogP contribution in [-0.2, 0) is 11.2 Å². The van der Waals surface area contributed by atoms with E-state index >= 15 is 0 Å². The molecule has 2 rings (SSSR count). The summed E-state index contributed by atoms with van der Waals surface area (Å²) in [6.07, 6.45) is 0.205. The summed E-state index contributed by atoms with van der Waals surface area (Å²) in [5.41, 5.74) is 2.79. The fourth-order valence-electron chi connectivity index (χ4n) is 1.96. The van der Waals surface area contributed by atoms with E-state index in [-0.39, 0.29) is 12.1 Å². The Kier molecular flexibility index (Phi) is 7.09. The van der Waals surface area contributed by atoms with E-state index in [1.54, 1.807) is 18.2 Å². The van der Waals surface area contributed by atoms with Crippen molar-refractivity contribution in [2.45, 2.75) is 20.3 Å². The lowest BCUT2D eigenvalue weighted by Gasteiger charge is -2.06. The Morgan fingerprint density at radius 1 is 1.17 bits per heavy atom. The molecule has 24 heavy (non-hydrogen) atoms. The number of hydrogen-bond acceptors (Lipinski definition) is 5. The van der Waals surface area contributed by atoms with Crippen molar-refractivity contribution >= 4 is 17.4 Å². The largest absolute Gasteiger partial charge is 0.481 e. The van der Waals surface area contributed by atoms with E-state index in [1.165, 1.54) is 6.07 Å². The summed E-state index contributed by atoms with van der Waals surface area (Å²) >= 11 is 0. The summed E-state index contributed by atoms with van der Waals surface area (Å²) in [5.74, 6) is -0.833. The highest BCUT2D eigenvalue weighted by atomic mass is 16.6. The fourth-order valence-corrected chi connectivity index (χ4v) is 1.96. The standard InChI is InChI=1S/C15H14N2O3.C2H4O2/c1-11-6-8-12(9-7-11)14(16-18)10-13-4-2-3-5-15(13)17(19)20;1-2(3)4/h2-9,18H,10H2,1H3;1H3,(H,3,4)/b16-14-;. The Hall–Kier alpha value is -3.22. The molecule has 7 nitrogen and oxygen atoms in total. The van der Waals surface area contributed by atoms with E-state index < -0.39 is 10.9 Å². The molecule has 0 saturated heterocycles. The van der Waals surface area contributed by atoms with Crippen molar-refractivity contribution in [1.29, 1.82) is 0 Å². The second kappa shape index (κ2) is 9.04. The molecule has 0 radical (unpaired) electrons. The van der Waals surface area contributed by atoms with E-state index in [0.717, 1.165) is 18.1 Å². The van der Waals surface area contributed by atoms with Crippen molar-refractivity contribution in [2.24, 2.45) is 5.16 Å². The predicted octanol–water partition coefficient (Wildman–Crippen LogP) is 3.42. The first-order chi connectivity index (χ1) is 11.3. The molecular weight excluding hydrogens is 312 g/mol. The number of hydrogen-bond donors (Lipinski definition) is 2. The first-order valence-corrected chi connectivity index (χ1v) is 7.05. The van der Waals surface area contributed by atoms with Crippen molar-refractivity contribution in [2.75, 3.05) is 0 Å². The molecule has 0 bridgehead atoms. The average Bonchev–Trinajstić information content (AvgIpc) is 2.53. The smallest absolute Gasteiger partial charge is 0.300 e. The van der Waals surface area contributed by atoms with Crippen LogP contribution in [0.15, 0.2) is 53.7 Å². The van der Waals surface area contributed by atoms with Crippen LogP contribution >= 0.6 is 0 Å². The summed E-state index contributed by atoms with van der Waals surface area (Å²) in [5, 5.41) is 30.8. The monoisotopic (exact) mass is 330 g/mol. The molecule has 0 unspecified atom stereocenters. The number of nitro groups is 1. The van der Waals surface area contributed by atoms with Crippen LogP contribution in [0.4, 0.5) is 5.69 Å². The number of para-hydroxylation sites is 1. The van der Waals surface area contributed by atoms with E-state index in [1.807, 2.05) is 31.2 Å². The first-order valence-electron chi connectivity index (χ1n) is 7.05. The second-order valence-electron chi connectivity index (χ2n) is 4.99. The molecular formula is C17H18N2O5. The normalized spacial score (nSPS) is 10.5. The number of nitro benzene ring substituents is 1. The van der Waals surface area contributed by atoms with E-state index in [2.05, 4.69) is 5.16 Å². The van der Waals surface area contributed by atoms with Crippen LogP contribution in [0, 0.1) is 17.0 Å². The SMILES string of the molecule is CC(=O)O.Cc1ccc(/C(Cc2ccccc2[N+](=O)[O-])=N\O)cc1. The van der Waals surface area contributed by atoms with Crippen LogP contribution in [0.1, 0.15) is 23.6 Å². The van der Waals surface area contributed by atoms with Crippen LogP contribution in [0.25, 0.3) is 0 Å². The van der Waals surface area contributed by atoms with E-state index in [9.17, 15) is 10.1 Å². The number of carboxylic acids is 1. The third-order valence-electron chi connectivity index (χ3n) is 3.05. The van der Waals surface area contributed by atoms with Crippen molar-refractivity contribution in [3.8, 4) is 0 Å². The Balaban J connectivity index is 0.000000648. The minimum Gasteiger partial charge on any atom is -0.481 e. The summed E-state index contributed by atoms with van der Waals surface area (Å²) in [6.45, 7) is 3.04. The molecule has 126 valence electrons. The van der Waals surface area contributed by atoms with Crippen molar-refractivity contribution in [3.05, 3.63) is 75.3 Å². The number of rotatable bonds is 4. The maximum atomic E-state index is 11.0. The van der Waals surface area contributed by atoms with Gasteiger partial charge in [0.05, 0.1) is 10.6 Å². The van der Waals surface area contributed by atoms with Crippen LogP contribution in [0.3, 0.4) is 0 Å². The second-order valence-corrected chi connectivity index (χ2v) is 4.99. The zero-order valence-corrected chi connectivity index (χ0v) is 13.3. The van der Waals surface area contributed by atoms with Gasteiger partial charge in [-0.2, -0.15) is 0 Å².